The first-order valence-corrected chi connectivity index (χ1v) is 6.99. The summed E-state index contributed by atoms with van der Waals surface area (Å²) in [7, 11) is 1.24. The van der Waals surface area contributed by atoms with Gasteiger partial charge in [-0.3, -0.25) is 4.79 Å². The highest BCUT2D eigenvalue weighted by atomic mass is 16.8. The van der Waals surface area contributed by atoms with E-state index in [4.69, 9.17) is 9.47 Å². The van der Waals surface area contributed by atoms with Crippen molar-refractivity contribution in [2.24, 2.45) is 0 Å². The number of morpholine rings is 1. The van der Waals surface area contributed by atoms with Crippen molar-refractivity contribution in [3.8, 4) is 0 Å². The van der Waals surface area contributed by atoms with E-state index in [0.717, 1.165) is 5.56 Å². The van der Waals surface area contributed by atoms with E-state index in [-0.39, 0.29) is 6.61 Å². The van der Waals surface area contributed by atoms with Gasteiger partial charge < -0.3 is 24.2 Å². The molecular weight excluding hydrogens is 290 g/mol. The molecule has 0 spiro atoms. The zero-order valence-corrected chi connectivity index (χ0v) is 12.0. The number of hydrogen-bond donors (Lipinski definition) is 1. The minimum atomic E-state index is -1.12. The Hall–Kier alpha value is -1.96. The molecule has 1 amide bonds. The van der Waals surface area contributed by atoms with Crippen LogP contribution in [0.1, 0.15) is 5.56 Å². The van der Waals surface area contributed by atoms with Gasteiger partial charge in [0.05, 0.1) is 19.8 Å². The second kappa shape index (κ2) is 6.04. The fraction of sp³-hybridized carbons (Fsp3) is 0.467. The maximum absolute atomic E-state index is 12.4. The standard InChI is InChI=1S/C15H17NO6/c1-20-14(19)12-11-10(8-17)16(13(18)15(21-11)22-12)7-9-5-3-2-4-6-9/h2-6,10-12,15,17H,7-8H2,1H3/t10-,11+,12+,15-/m1/s1. The fourth-order valence-electron chi connectivity index (χ4n) is 2.83. The van der Waals surface area contributed by atoms with Gasteiger partial charge in [-0.05, 0) is 5.56 Å². The van der Waals surface area contributed by atoms with Crippen molar-refractivity contribution >= 4 is 11.9 Å². The summed E-state index contributed by atoms with van der Waals surface area (Å²) >= 11 is 0. The molecule has 3 rings (SSSR count). The lowest BCUT2D eigenvalue weighted by Crippen LogP contribution is -2.57. The van der Waals surface area contributed by atoms with Crippen LogP contribution in [0.15, 0.2) is 30.3 Å². The number of amides is 1. The molecule has 2 aliphatic heterocycles. The molecule has 7 heteroatoms. The van der Waals surface area contributed by atoms with Gasteiger partial charge in [-0.15, -0.1) is 0 Å². The second-order valence-corrected chi connectivity index (χ2v) is 5.21. The summed E-state index contributed by atoms with van der Waals surface area (Å²) in [5, 5.41) is 9.67. The highest BCUT2D eigenvalue weighted by Gasteiger charge is 2.55. The molecular formula is C15H17NO6. The van der Waals surface area contributed by atoms with Crippen LogP contribution in [0.2, 0.25) is 0 Å². The molecule has 1 N–H and O–H groups in total. The van der Waals surface area contributed by atoms with Crippen LogP contribution in [0.5, 0.6) is 0 Å². The van der Waals surface area contributed by atoms with Crippen molar-refractivity contribution in [2.45, 2.75) is 31.1 Å². The minimum Gasteiger partial charge on any atom is -0.467 e. The Bertz CT molecular complexity index is 562. The molecule has 0 radical (unpaired) electrons. The Labute approximate surface area is 127 Å². The lowest BCUT2D eigenvalue weighted by Gasteiger charge is -2.38. The number of methoxy groups -OCH3 is 1. The van der Waals surface area contributed by atoms with Gasteiger partial charge in [0.15, 0.2) is 6.10 Å². The van der Waals surface area contributed by atoms with Gasteiger partial charge in [0.2, 0.25) is 6.29 Å². The molecule has 2 heterocycles. The predicted octanol–water partition coefficient (Wildman–Crippen LogP) is -0.327. The molecule has 1 aromatic carbocycles. The van der Waals surface area contributed by atoms with Crippen molar-refractivity contribution in [1.82, 2.24) is 4.90 Å². The molecule has 2 aliphatic rings. The Morgan fingerprint density at radius 3 is 2.68 bits per heavy atom. The fourth-order valence-corrected chi connectivity index (χ4v) is 2.83. The molecule has 0 saturated carbocycles. The van der Waals surface area contributed by atoms with Crippen LogP contribution in [-0.2, 0) is 30.3 Å². The maximum atomic E-state index is 12.4. The molecule has 0 aromatic heterocycles. The molecule has 2 saturated heterocycles. The lowest BCUT2D eigenvalue weighted by molar-refractivity contribution is -0.181. The van der Waals surface area contributed by atoms with Gasteiger partial charge in [-0.25, -0.2) is 4.79 Å². The van der Waals surface area contributed by atoms with Crippen LogP contribution in [-0.4, -0.2) is 60.1 Å². The van der Waals surface area contributed by atoms with E-state index < -0.39 is 36.4 Å². The number of rotatable bonds is 4. The number of carbonyl (C=O) groups excluding carboxylic acids is 2. The van der Waals surface area contributed by atoms with Crippen LogP contribution >= 0.6 is 0 Å². The first-order valence-electron chi connectivity index (χ1n) is 6.99. The Morgan fingerprint density at radius 1 is 1.32 bits per heavy atom. The van der Waals surface area contributed by atoms with E-state index in [2.05, 4.69) is 4.74 Å². The number of esters is 1. The molecule has 118 valence electrons. The van der Waals surface area contributed by atoms with Crippen molar-refractivity contribution in [1.29, 1.82) is 0 Å². The minimum absolute atomic E-state index is 0.318. The lowest BCUT2D eigenvalue weighted by atomic mass is 10.0. The maximum Gasteiger partial charge on any atom is 0.337 e. The van der Waals surface area contributed by atoms with Gasteiger partial charge in [-0.1, -0.05) is 30.3 Å². The molecule has 2 bridgehead atoms. The van der Waals surface area contributed by atoms with Crippen LogP contribution in [0.25, 0.3) is 0 Å². The average Bonchev–Trinajstić information content (AvgIpc) is 2.95. The number of fused-ring (bicyclic) bond motifs is 2. The molecule has 2 fully saturated rings. The van der Waals surface area contributed by atoms with E-state index in [1.165, 1.54) is 12.0 Å². The summed E-state index contributed by atoms with van der Waals surface area (Å²) in [6.45, 7) is -0.00860. The Kier molecular flexibility index (Phi) is 4.10. The number of nitrogens with zero attached hydrogens (tertiary/aromatic N) is 1. The third-order valence-electron chi connectivity index (χ3n) is 3.93. The van der Waals surface area contributed by atoms with Crippen LogP contribution < -0.4 is 0 Å². The first kappa shape index (κ1) is 15.0. The van der Waals surface area contributed by atoms with E-state index in [0.29, 0.717) is 6.54 Å². The summed E-state index contributed by atoms with van der Waals surface area (Å²) in [5.74, 6) is -1.01. The summed E-state index contributed by atoms with van der Waals surface area (Å²) in [6.07, 6.45) is -2.86. The number of aliphatic hydroxyl groups is 1. The molecule has 7 nitrogen and oxygen atoms in total. The van der Waals surface area contributed by atoms with Gasteiger partial charge in [0, 0.05) is 6.54 Å². The summed E-state index contributed by atoms with van der Waals surface area (Å²) in [6, 6.07) is 8.74. The highest BCUT2D eigenvalue weighted by Crippen LogP contribution is 2.32. The van der Waals surface area contributed by atoms with Crippen molar-refractivity contribution in [3.05, 3.63) is 35.9 Å². The van der Waals surface area contributed by atoms with Gasteiger partial charge in [0.25, 0.3) is 5.91 Å². The smallest absolute Gasteiger partial charge is 0.337 e. The summed E-state index contributed by atoms with van der Waals surface area (Å²) in [4.78, 5) is 25.7. The van der Waals surface area contributed by atoms with Crippen molar-refractivity contribution in [2.75, 3.05) is 13.7 Å². The number of benzene rings is 1. The third kappa shape index (κ3) is 2.47. The van der Waals surface area contributed by atoms with Gasteiger partial charge in [0.1, 0.15) is 6.10 Å². The topological polar surface area (TPSA) is 85.3 Å². The number of hydrogen-bond acceptors (Lipinski definition) is 6. The van der Waals surface area contributed by atoms with E-state index in [9.17, 15) is 14.7 Å². The van der Waals surface area contributed by atoms with Crippen LogP contribution in [0, 0.1) is 0 Å². The third-order valence-corrected chi connectivity index (χ3v) is 3.93. The second-order valence-electron chi connectivity index (χ2n) is 5.21. The monoisotopic (exact) mass is 307 g/mol. The molecule has 0 unspecified atom stereocenters. The number of carbonyl (C=O) groups is 2. The molecule has 0 aliphatic carbocycles. The van der Waals surface area contributed by atoms with Crippen molar-refractivity contribution < 1.29 is 28.9 Å². The van der Waals surface area contributed by atoms with Crippen LogP contribution in [0.3, 0.4) is 0 Å². The highest BCUT2D eigenvalue weighted by molar-refractivity contribution is 5.84. The number of aliphatic hydroxyl groups excluding tert-OH is 1. The van der Waals surface area contributed by atoms with Crippen LogP contribution in [0.4, 0.5) is 0 Å². The van der Waals surface area contributed by atoms with E-state index in [1.54, 1.807) is 0 Å². The number of ether oxygens (including phenoxy) is 3. The van der Waals surface area contributed by atoms with Gasteiger partial charge in [-0.2, -0.15) is 0 Å². The first-order chi connectivity index (χ1) is 10.7. The Balaban J connectivity index is 1.85. The normalized spacial score (nSPS) is 30.5. The molecule has 4 atom stereocenters. The quantitative estimate of drug-likeness (QED) is 0.767. The molecule has 1 aromatic rings. The zero-order chi connectivity index (χ0) is 15.7. The largest absolute Gasteiger partial charge is 0.467 e. The summed E-state index contributed by atoms with van der Waals surface area (Å²) in [5.41, 5.74) is 0.921. The predicted molar refractivity (Wildman–Crippen MR) is 73.4 cm³/mol. The zero-order valence-electron chi connectivity index (χ0n) is 12.0. The Morgan fingerprint density at radius 2 is 2.05 bits per heavy atom. The average molecular weight is 307 g/mol. The van der Waals surface area contributed by atoms with E-state index >= 15 is 0 Å². The van der Waals surface area contributed by atoms with Crippen molar-refractivity contribution in [3.63, 3.8) is 0 Å². The SMILES string of the molecule is COC(=O)[C@H]1O[C@H]2O[C@H]1[C@@H](CO)N(Cc1ccccc1)C2=O. The van der Waals surface area contributed by atoms with Gasteiger partial charge >= 0.3 is 5.97 Å². The summed E-state index contributed by atoms with van der Waals surface area (Å²) < 4.78 is 15.5. The molecule has 22 heavy (non-hydrogen) atoms. The van der Waals surface area contributed by atoms with E-state index in [1.807, 2.05) is 30.3 Å².